The molecule has 0 bridgehead atoms. The Morgan fingerprint density at radius 2 is 2.30 bits per heavy atom. The van der Waals surface area contributed by atoms with Gasteiger partial charge in [0.05, 0.1) is 12.1 Å². The van der Waals surface area contributed by atoms with E-state index in [2.05, 4.69) is 15.6 Å². The highest BCUT2D eigenvalue weighted by atomic mass is 32.1. The highest BCUT2D eigenvalue weighted by Gasteiger charge is 2.22. The third kappa shape index (κ3) is 3.77. The molecule has 2 atom stereocenters. The topological polar surface area (TPSA) is 91.3 Å². The Hall–Kier alpha value is -1.47. The molecule has 6 nitrogen and oxygen atoms in total. The third-order valence-corrected chi connectivity index (χ3v) is 4.37. The van der Waals surface area contributed by atoms with E-state index in [0.717, 1.165) is 32.2 Å². The number of thiazole rings is 1. The Morgan fingerprint density at radius 3 is 3.00 bits per heavy atom. The molecule has 20 heavy (non-hydrogen) atoms. The van der Waals surface area contributed by atoms with E-state index in [1.807, 2.05) is 6.92 Å². The van der Waals surface area contributed by atoms with Gasteiger partial charge in [-0.15, -0.1) is 11.3 Å². The van der Waals surface area contributed by atoms with Crippen molar-refractivity contribution in [2.45, 2.75) is 44.7 Å². The molecule has 110 valence electrons. The second-order valence-electron chi connectivity index (χ2n) is 4.96. The van der Waals surface area contributed by atoms with Crippen molar-refractivity contribution < 1.29 is 14.7 Å². The van der Waals surface area contributed by atoms with E-state index in [-0.39, 0.29) is 23.7 Å². The van der Waals surface area contributed by atoms with Crippen LogP contribution in [0.15, 0.2) is 5.38 Å². The number of aromatic nitrogens is 1. The summed E-state index contributed by atoms with van der Waals surface area (Å²) in [5.74, 6) is -1.08. The van der Waals surface area contributed by atoms with E-state index in [4.69, 9.17) is 5.11 Å². The van der Waals surface area contributed by atoms with Crippen LogP contribution in [-0.4, -0.2) is 34.6 Å². The summed E-state index contributed by atoms with van der Waals surface area (Å²) in [4.78, 5) is 27.0. The van der Waals surface area contributed by atoms with E-state index in [9.17, 15) is 9.59 Å². The number of aromatic carboxylic acids is 1. The van der Waals surface area contributed by atoms with Crippen molar-refractivity contribution in [1.82, 2.24) is 15.6 Å². The Labute approximate surface area is 121 Å². The second kappa shape index (κ2) is 6.81. The molecule has 0 aromatic carbocycles. The highest BCUT2D eigenvalue weighted by molar-refractivity contribution is 7.09. The van der Waals surface area contributed by atoms with Gasteiger partial charge in [0.2, 0.25) is 5.91 Å². The lowest BCUT2D eigenvalue weighted by molar-refractivity contribution is -0.123. The van der Waals surface area contributed by atoms with Crippen molar-refractivity contribution in [2.24, 2.45) is 0 Å². The van der Waals surface area contributed by atoms with Crippen LogP contribution < -0.4 is 10.6 Å². The predicted octanol–water partition coefficient (Wildman–Crippen LogP) is 1.55. The highest BCUT2D eigenvalue weighted by Crippen LogP contribution is 2.18. The Balaban J connectivity index is 1.93. The first-order valence-corrected chi connectivity index (χ1v) is 7.68. The Morgan fingerprint density at radius 1 is 1.50 bits per heavy atom. The van der Waals surface area contributed by atoms with Crippen LogP contribution in [0.25, 0.3) is 0 Å². The van der Waals surface area contributed by atoms with Crippen molar-refractivity contribution in [3.8, 4) is 0 Å². The maximum absolute atomic E-state index is 12.2. The summed E-state index contributed by atoms with van der Waals surface area (Å²) >= 11 is 1.25. The van der Waals surface area contributed by atoms with Gasteiger partial charge in [-0.05, 0) is 26.3 Å². The van der Waals surface area contributed by atoms with E-state index >= 15 is 0 Å². The van der Waals surface area contributed by atoms with Gasteiger partial charge in [-0.3, -0.25) is 4.79 Å². The molecule has 1 aromatic rings. The van der Waals surface area contributed by atoms with E-state index in [1.165, 1.54) is 16.7 Å². The van der Waals surface area contributed by atoms with Crippen LogP contribution in [0.2, 0.25) is 0 Å². The zero-order valence-electron chi connectivity index (χ0n) is 11.4. The van der Waals surface area contributed by atoms with Crippen molar-refractivity contribution >= 4 is 23.2 Å². The SMILES string of the molecule is CC(NC(=O)C1CCCCCN1)c1nc(C(=O)O)cs1. The minimum absolute atomic E-state index is 0.0266. The summed E-state index contributed by atoms with van der Waals surface area (Å²) in [7, 11) is 0. The fraction of sp³-hybridized carbons (Fsp3) is 0.615. The summed E-state index contributed by atoms with van der Waals surface area (Å²) in [6, 6.07) is -0.426. The molecule has 1 aliphatic heterocycles. The first-order valence-electron chi connectivity index (χ1n) is 6.80. The van der Waals surface area contributed by atoms with Gasteiger partial charge in [-0.1, -0.05) is 12.8 Å². The number of rotatable bonds is 4. The molecule has 1 saturated heterocycles. The van der Waals surface area contributed by atoms with Crippen LogP contribution in [0.4, 0.5) is 0 Å². The molecule has 2 heterocycles. The molecular weight excluding hydrogens is 278 g/mol. The lowest BCUT2D eigenvalue weighted by Crippen LogP contribution is -2.44. The van der Waals surface area contributed by atoms with Gasteiger partial charge in [-0.25, -0.2) is 9.78 Å². The van der Waals surface area contributed by atoms with Crippen LogP contribution in [0.1, 0.15) is 54.1 Å². The van der Waals surface area contributed by atoms with Crippen molar-refractivity contribution in [3.05, 3.63) is 16.1 Å². The zero-order valence-corrected chi connectivity index (χ0v) is 12.2. The third-order valence-electron chi connectivity index (χ3n) is 3.35. The Bertz CT molecular complexity index is 481. The maximum Gasteiger partial charge on any atom is 0.355 e. The lowest BCUT2D eigenvalue weighted by atomic mass is 10.1. The number of carbonyl (C=O) groups is 2. The van der Waals surface area contributed by atoms with Crippen molar-refractivity contribution in [1.29, 1.82) is 0 Å². The van der Waals surface area contributed by atoms with Crippen LogP contribution >= 0.6 is 11.3 Å². The standard InChI is InChI=1S/C13H19N3O3S/c1-8(12-16-10(7-20-12)13(18)19)15-11(17)9-5-3-2-4-6-14-9/h7-9,14H,2-6H2,1H3,(H,15,17)(H,18,19). The molecule has 3 N–H and O–H groups in total. The smallest absolute Gasteiger partial charge is 0.355 e. The van der Waals surface area contributed by atoms with Crippen LogP contribution in [0.3, 0.4) is 0 Å². The van der Waals surface area contributed by atoms with Gasteiger partial charge in [0, 0.05) is 5.38 Å². The summed E-state index contributed by atoms with van der Waals surface area (Å²) in [5, 5.41) is 17.1. The van der Waals surface area contributed by atoms with Gasteiger partial charge < -0.3 is 15.7 Å². The molecule has 0 spiro atoms. The molecule has 2 rings (SSSR count). The van der Waals surface area contributed by atoms with Crippen LogP contribution in [0, 0.1) is 0 Å². The van der Waals surface area contributed by atoms with E-state index in [1.54, 1.807) is 0 Å². The molecule has 1 aliphatic rings. The normalized spacial score (nSPS) is 20.9. The van der Waals surface area contributed by atoms with Gasteiger partial charge in [0.15, 0.2) is 5.69 Å². The van der Waals surface area contributed by atoms with Crippen molar-refractivity contribution in [2.75, 3.05) is 6.54 Å². The number of hydrogen-bond donors (Lipinski definition) is 3. The minimum atomic E-state index is -1.04. The molecule has 1 fully saturated rings. The van der Waals surface area contributed by atoms with E-state index in [0.29, 0.717) is 5.01 Å². The second-order valence-corrected chi connectivity index (χ2v) is 5.85. The molecule has 0 aliphatic carbocycles. The van der Waals surface area contributed by atoms with Gasteiger partial charge in [0.25, 0.3) is 0 Å². The molecule has 2 unspecified atom stereocenters. The Kier molecular flexibility index (Phi) is 5.08. The molecular formula is C13H19N3O3S. The van der Waals surface area contributed by atoms with Gasteiger partial charge in [-0.2, -0.15) is 0 Å². The number of carboxylic acid groups (broad SMARTS) is 1. The fourth-order valence-corrected chi connectivity index (χ4v) is 3.01. The van der Waals surface area contributed by atoms with Gasteiger partial charge >= 0.3 is 5.97 Å². The van der Waals surface area contributed by atoms with Crippen molar-refractivity contribution in [3.63, 3.8) is 0 Å². The molecule has 1 amide bonds. The number of amides is 1. The molecule has 7 heteroatoms. The molecule has 0 saturated carbocycles. The lowest BCUT2D eigenvalue weighted by Gasteiger charge is -2.18. The predicted molar refractivity (Wildman–Crippen MR) is 75.9 cm³/mol. The zero-order chi connectivity index (χ0) is 14.5. The summed E-state index contributed by atoms with van der Waals surface area (Å²) in [6.45, 7) is 2.69. The average molecular weight is 297 g/mol. The number of carbonyl (C=O) groups excluding carboxylic acids is 1. The fourth-order valence-electron chi connectivity index (χ4n) is 2.21. The largest absolute Gasteiger partial charge is 0.476 e. The molecule has 0 radical (unpaired) electrons. The minimum Gasteiger partial charge on any atom is -0.476 e. The number of nitrogens with one attached hydrogen (secondary N) is 2. The number of nitrogens with zero attached hydrogens (tertiary/aromatic N) is 1. The molecule has 1 aromatic heterocycles. The average Bonchev–Trinajstić information content (AvgIpc) is 2.75. The summed E-state index contributed by atoms with van der Waals surface area (Å²) in [6.07, 6.45) is 4.16. The van der Waals surface area contributed by atoms with Crippen LogP contribution in [-0.2, 0) is 4.79 Å². The first kappa shape index (κ1) is 14.9. The monoisotopic (exact) mass is 297 g/mol. The van der Waals surface area contributed by atoms with E-state index < -0.39 is 5.97 Å². The summed E-state index contributed by atoms with van der Waals surface area (Å²) in [5.41, 5.74) is 0.0266. The number of carboxylic acids is 1. The van der Waals surface area contributed by atoms with Crippen LogP contribution in [0.5, 0.6) is 0 Å². The first-order chi connectivity index (χ1) is 9.58. The quantitative estimate of drug-likeness (QED) is 0.784. The maximum atomic E-state index is 12.2. The summed E-state index contributed by atoms with van der Waals surface area (Å²) < 4.78 is 0. The van der Waals surface area contributed by atoms with Gasteiger partial charge in [0.1, 0.15) is 5.01 Å². The number of hydrogen-bond acceptors (Lipinski definition) is 5.